The van der Waals surface area contributed by atoms with Crippen molar-refractivity contribution < 1.29 is 15.0 Å². The first-order valence-corrected chi connectivity index (χ1v) is 4.62. The number of carboxylic acids is 1. The quantitative estimate of drug-likeness (QED) is 0.784. The molecule has 72 valence electrons. The maximum Gasteiger partial charge on any atom is 0.358 e. The van der Waals surface area contributed by atoms with Gasteiger partial charge in [-0.05, 0) is 17.5 Å². The van der Waals surface area contributed by atoms with Crippen molar-refractivity contribution in [2.45, 2.75) is 0 Å². The second kappa shape index (κ2) is 3.15. The highest BCUT2D eigenvalue weighted by Gasteiger charge is 2.18. The molecular weight excluding hydrogens is 204 g/mol. The van der Waals surface area contributed by atoms with E-state index in [0.717, 1.165) is 6.20 Å². The van der Waals surface area contributed by atoms with Crippen LogP contribution < -0.4 is 0 Å². The first-order chi connectivity index (χ1) is 6.70. The van der Waals surface area contributed by atoms with E-state index in [4.69, 9.17) is 5.11 Å². The average Bonchev–Trinajstić information content (AvgIpc) is 2.70. The van der Waals surface area contributed by atoms with Gasteiger partial charge >= 0.3 is 5.97 Å². The largest absolute Gasteiger partial charge is 0.504 e. The zero-order valence-electron chi connectivity index (χ0n) is 6.91. The van der Waals surface area contributed by atoms with Gasteiger partial charge < -0.3 is 10.2 Å². The lowest BCUT2D eigenvalue weighted by Gasteiger charge is -1.99. The van der Waals surface area contributed by atoms with Crippen molar-refractivity contribution in [2.24, 2.45) is 0 Å². The number of aromatic carboxylic acids is 1. The van der Waals surface area contributed by atoms with Gasteiger partial charge in [0, 0.05) is 0 Å². The van der Waals surface area contributed by atoms with E-state index in [-0.39, 0.29) is 11.4 Å². The third-order valence-electron chi connectivity index (χ3n) is 1.67. The van der Waals surface area contributed by atoms with E-state index < -0.39 is 5.97 Å². The van der Waals surface area contributed by atoms with Gasteiger partial charge in [-0.25, -0.2) is 9.48 Å². The minimum absolute atomic E-state index is 0.215. The summed E-state index contributed by atoms with van der Waals surface area (Å²) in [5, 5.41) is 24.3. The van der Waals surface area contributed by atoms with E-state index in [9.17, 15) is 9.90 Å². The van der Waals surface area contributed by atoms with Crippen molar-refractivity contribution >= 4 is 17.3 Å². The van der Waals surface area contributed by atoms with E-state index >= 15 is 0 Å². The summed E-state index contributed by atoms with van der Waals surface area (Å²) in [7, 11) is 0. The Morgan fingerprint density at radius 1 is 1.57 bits per heavy atom. The molecule has 0 radical (unpaired) electrons. The maximum absolute atomic E-state index is 10.8. The summed E-state index contributed by atoms with van der Waals surface area (Å²) in [5.41, 5.74) is -0.215. The van der Waals surface area contributed by atoms with Gasteiger partial charge in [0.25, 0.3) is 0 Å². The van der Waals surface area contributed by atoms with Gasteiger partial charge in [0.1, 0.15) is 5.00 Å². The smallest absolute Gasteiger partial charge is 0.358 e. The SMILES string of the molecule is O=C(O)c1c(O)cnn1-c1cccs1. The fourth-order valence-electron chi connectivity index (χ4n) is 1.10. The number of carboxylic acid groups (broad SMARTS) is 1. The van der Waals surface area contributed by atoms with Crippen LogP contribution in [0, 0.1) is 0 Å². The van der Waals surface area contributed by atoms with Crippen molar-refractivity contribution in [3.63, 3.8) is 0 Å². The monoisotopic (exact) mass is 210 g/mol. The van der Waals surface area contributed by atoms with Crippen LogP contribution in [0.15, 0.2) is 23.7 Å². The highest BCUT2D eigenvalue weighted by atomic mass is 32.1. The van der Waals surface area contributed by atoms with Gasteiger partial charge in [0.2, 0.25) is 0 Å². The minimum Gasteiger partial charge on any atom is -0.504 e. The summed E-state index contributed by atoms with van der Waals surface area (Å²) in [6, 6.07) is 3.51. The van der Waals surface area contributed by atoms with E-state index in [0.29, 0.717) is 5.00 Å². The van der Waals surface area contributed by atoms with Gasteiger partial charge in [-0.15, -0.1) is 11.3 Å². The van der Waals surface area contributed by atoms with E-state index in [1.54, 1.807) is 17.5 Å². The second-order valence-corrected chi connectivity index (χ2v) is 3.47. The lowest BCUT2D eigenvalue weighted by atomic mass is 10.4. The summed E-state index contributed by atoms with van der Waals surface area (Å²) in [6.45, 7) is 0. The van der Waals surface area contributed by atoms with Crippen molar-refractivity contribution in [1.82, 2.24) is 9.78 Å². The fraction of sp³-hybridized carbons (Fsp3) is 0. The molecule has 0 fully saturated rings. The molecule has 2 heterocycles. The summed E-state index contributed by atoms with van der Waals surface area (Å²) < 4.78 is 1.20. The first-order valence-electron chi connectivity index (χ1n) is 3.74. The Kier molecular flexibility index (Phi) is 1.97. The van der Waals surface area contributed by atoms with Gasteiger partial charge in [-0.2, -0.15) is 5.10 Å². The van der Waals surface area contributed by atoms with Gasteiger partial charge in [0.15, 0.2) is 11.4 Å². The molecule has 14 heavy (non-hydrogen) atoms. The second-order valence-electron chi connectivity index (χ2n) is 2.55. The Balaban J connectivity index is 2.60. The Labute approximate surface area is 82.9 Å². The molecule has 0 bridgehead atoms. The molecule has 2 aromatic rings. The molecule has 0 aromatic carbocycles. The molecule has 5 nitrogen and oxygen atoms in total. The molecule has 2 aromatic heterocycles. The van der Waals surface area contributed by atoms with E-state index in [1.165, 1.54) is 16.0 Å². The number of thiophene rings is 1. The van der Waals surface area contributed by atoms with Crippen LogP contribution in [0.1, 0.15) is 10.5 Å². The number of nitrogens with zero attached hydrogens (tertiary/aromatic N) is 2. The summed E-state index contributed by atoms with van der Waals surface area (Å²) in [6.07, 6.45) is 1.11. The molecule has 0 aliphatic heterocycles. The van der Waals surface area contributed by atoms with E-state index in [1.807, 2.05) is 0 Å². The molecule has 0 saturated heterocycles. The van der Waals surface area contributed by atoms with Crippen LogP contribution in [-0.4, -0.2) is 26.0 Å². The molecule has 0 aliphatic carbocycles. The van der Waals surface area contributed by atoms with Gasteiger partial charge in [0.05, 0.1) is 6.20 Å². The number of rotatable bonds is 2. The Morgan fingerprint density at radius 3 is 2.93 bits per heavy atom. The van der Waals surface area contributed by atoms with Crippen molar-refractivity contribution in [1.29, 1.82) is 0 Å². The number of aromatic nitrogens is 2. The van der Waals surface area contributed by atoms with Crippen LogP contribution >= 0.6 is 11.3 Å². The first kappa shape index (κ1) is 8.76. The standard InChI is InChI=1S/C8H6N2O3S/c11-5-4-9-10(7(5)8(12)13)6-2-1-3-14-6/h1-4,11H,(H,12,13). The molecule has 0 atom stereocenters. The highest BCUT2D eigenvalue weighted by Crippen LogP contribution is 2.22. The maximum atomic E-state index is 10.8. The molecule has 6 heteroatoms. The highest BCUT2D eigenvalue weighted by molar-refractivity contribution is 7.12. The molecule has 2 N–H and O–H groups in total. The Bertz CT molecular complexity index is 461. The topological polar surface area (TPSA) is 75.3 Å². The molecule has 0 saturated carbocycles. The molecule has 0 unspecified atom stereocenters. The number of aromatic hydroxyl groups is 1. The summed E-state index contributed by atoms with van der Waals surface area (Å²) >= 11 is 1.35. The van der Waals surface area contributed by atoms with Crippen molar-refractivity contribution in [2.75, 3.05) is 0 Å². The molecule has 0 amide bonds. The third kappa shape index (κ3) is 1.25. The molecule has 0 spiro atoms. The lowest BCUT2D eigenvalue weighted by Crippen LogP contribution is -2.06. The van der Waals surface area contributed by atoms with Crippen LogP contribution in [0.5, 0.6) is 5.75 Å². The zero-order chi connectivity index (χ0) is 10.1. The number of hydrogen-bond donors (Lipinski definition) is 2. The summed E-state index contributed by atoms with van der Waals surface area (Å²) in [4.78, 5) is 10.8. The van der Waals surface area contributed by atoms with Crippen molar-refractivity contribution in [3.8, 4) is 10.8 Å². The van der Waals surface area contributed by atoms with Crippen LogP contribution in [0.3, 0.4) is 0 Å². The van der Waals surface area contributed by atoms with Gasteiger partial charge in [-0.3, -0.25) is 0 Å². The molecular formula is C8H6N2O3S. The summed E-state index contributed by atoms with van der Waals surface area (Å²) in [5.74, 6) is -1.53. The minimum atomic E-state index is -1.20. The normalized spacial score (nSPS) is 10.3. The number of hydrogen-bond acceptors (Lipinski definition) is 4. The average molecular weight is 210 g/mol. The zero-order valence-corrected chi connectivity index (χ0v) is 7.73. The number of carbonyl (C=O) groups is 1. The fourth-order valence-corrected chi connectivity index (χ4v) is 1.79. The predicted molar refractivity (Wildman–Crippen MR) is 50.1 cm³/mol. The Morgan fingerprint density at radius 2 is 2.36 bits per heavy atom. The van der Waals surface area contributed by atoms with Gasteiger partial charge in [-0.1, -0.05) is 0 Å². The van der Waals surface area contributed by atoms with Crippen LogP contribution in [0.4, 0.5) is 0 Å². The Hall–Kier alpha value is -1.82. The van der Waals surface area contributed by atoms with E-state index in [2.05, 4.69) is 5.10 Å². The predicted octanol–water partition coefficient (Wildman–Crippen LogP) is 1.34. The molecule has 0 aliphatic rings. The third-order valence-corrected chi connectivity index (χ3v) is 2.51. The molecule has 2 rings (SSSR count). The van der Waals surface area contributed by atoms with Crippen LogP contribution in [-0.2, 0) is 0 Å². The lowest BCUT2D eigenvalue weighted by molar-refractivity contribution is 0.0684. The van der Waals surface area contributed by atoms with Crippen LogP contribution in [0.2, 0.25) is 0 Å². The van der Waals surface area contributed by atoms with Crippen molar-refractivity contribution in [3.05, 3.63) is 29.4 Å². The van der Waals surface area contributed by atoms with Crippen LogP contribution in [0.25, 0.3) is 5.00 Å².